The van der Waals surface area contributed by atoms with E-state index in [0.29, 0.717) is 10.8 Å². The number of thiazole rings is 1. The summed E-state index contributed by atoms with van der Waals surface area (Å²) >= 11 is 8.98. The number of rotatable bonds is 4. The van der Waals surface area contributed by atoms with Gasteiger partial charge in [0.05, 0.1) is 16.0 Å². The third-order valence-corrected chi connectivity index (χ3v) is 5.74. The number of halogens is 1. The molecule has 0 saturated heterocycles. The zero-order chi connectivity index (χ0) is 16.4. The molecule has 0 aliphatic carbocycles. The first-order valence-electron chi connectivity index (χ1n) is 7.07. The quantitative estimate of drug-likeness (QED) is 0.640. The standard InChI is InChI=1S/C17H15ClN2OS2/c1-10-3-4-11(2)13(7-10)19-16(21)9-22-17-20-14-8-12(18)5-6-15(14)23-17/h3-8H,9H2,1-2H3,(H,19,21). The fourth-order valence-electron chi connectivity index (χ4n) is 2.13. The van der Waals surface area contributed by atoms with Crippen LogP contribution in [0.2, 0.25) is 5.02 Å². The Morgan fingerprint density at radius 1 is 1.26 bits per heavy atom. The summed E-state index contributed by atoms with van der Waals surface area (Å²) in [6.45, 7) is 4.00. The largest absolute Gasteiger partial charge is 0.325 e. The predicted molar refractivity (Wildman–Crippen MR) is 99.9 cm³/mol. The Labute approximate surface area is 148 Å². The van der Waals surface area contributed by atoms with Crippen LogP contribution in [0.1, 0.15) is 11.1 Å². The van der Waals surface area contributed by atoms with Gasteiger partial charge in [-0.1, -0.05) is 35.5 Å². The molecule has 0 unspecified atom stereocenters. The number of carbonyl (C=O) groups is 1. The van der Waals surface area contributed by atoms with Crippen molar-refractivity contribution in [1.82, 2.24) is 4.98 Å². The highest BCUT2D eigenvalue weighted by molar-refractivity contribution is 8.01. The van der Waals surface area contributed by atoms with Crippen LogP contribution in [0.3, 0.4) is 0 Å². The molecular formula is C17H15ClN2OS2. The lowest BCUT2D eigenvalue weighted by molar-refractivity contribution is -0.113. The predicted octanol–water partition coefficient (Wildman–Crippen LogP) is 5.30. The fourth-order valence-corrected chi connectivity index (χ4v) is 4.14. The van der Waals surface area contributed by atoms with E-state index in [9.17, 15) is 4.79 Å². The van der Waals surface area contributed by atoms with Gasteiger partial charge >= 0.3 is 0 Å². The van der Waals surface area contributed by atoms with Crippen molar-refractivity contribution in [2.75, 3.05) is 11.1 Å². The van der Waals surface area contributed by atoms with E-state index in [0.717, 1.165) is 31.4 Å². The zero-order valence-corrected chi connectivity index (χ0v) is 15.1. The first-order valence-corrected chi connectivity index (χ1v) is 9.25. The lowest BCUT2D eigenvalue weighted by atomic mass is 10.1. The number of benzene rings is 2. The molecular weight excluding hydrogens is 348 g/mol. The topological polar surface area (TPSA) is 42.0 Å². The minimum Gasteiger partial charge on any atom is -0.325 e. The molecule has 1 amide bonds. The Kier molecular flexibility index (Phi) is 4.90. The highest BCUT2D eigenvalue weighted by Gasteiger charge is 2.09. The summed E-state index contributed by atoms with van der Waals surface area (Å²) in [5, 5.41) is 3.63. The number of fused-ring (bicyclic) bond motifs is 1. The summed E-state index contributed by atoms with van der Waals surface area (Å²) in [6.07, 6.45) is 0. The van der Waals surface area contributed by atoms with Gasteiger partial charge in [-0.05, 0) is 49.2 Å². The Hall–Kier alpha value is -1.56. The molecule has 1 aromatic heterocycles. The maximum atomic E-state index is 12.1. The lowest BCUT2D eigenvalue weighted by Crippen LogP contribution is -2.14. The number of nitrogens with zero attached hydrogens (tertiary/aromatic N) is 1. The van der Waals surface area contributed by atoms with Gasteiger partial charge in [-0.2, -0.15) is 0 Å². The summed E-state index contributed by atoms with van der Waals surface area (Å²) in [6, 6.07) is 11.7. The molecule has 1 N–H and O–H groups in total. The molecule has 3 aromatic rings. The van der Waals surface area contributed by atoms with Crippen LogP contribution in [0, 0.1) is 13.8 Å². The molecule has 3 nitrogen and oxygen atoms in total. The van der Waals surface area contributed by atoms with Gasteiger partial charge in [-0.15, -0.1) is 11.3 Å². The smallest absolute Gasteiger partial charge is 0.234 e. The number of nitrogens with one attached hydrogen (secondary N) is 1. The van der Waals surface area contributed by atoms with Crippen LogP contribution in [0.15, 0.2) is 40.7 Å². The van der Waals surface area contributed by atoms with Crippen molar-refractivity contribution < 1.29 is 4.79 Å². The number of aryl methyl sites for hydroxylation is 2. The molecule has 0 saturated carbocycles. The van der Waals surface area contributed by atoms with E-state index in [2.05, 4.69) is 10.3 Å². The molecule has 23 heavy (non-hydrogen) atoms. The Morgan fingerprint density at radius 2 is 2.09 bits per heavy atom. The number of amides is 1. The maximum absolute atomic E-state index is 12.1. The monoisotopic (exact) mass is 362 g/mol. The van der Waals surface area contributed by atoms with Gasteiger partial charge in [0.2, 0.25) is 5.91 Å². The number of hydrogen-bond acceptors (Lipinski definition) is 4. The average Bonchev–Trinajstić information content (AvgIpc) is 2.91. The van der Waals surface area contributed by atoms with Gasteiger partial charge in [0.1, 0.15) is 0 Å². The fraction of sp³-hybridized carbons (Fsp3) is 0.176. The molecule has 2 aromatic carbocycles. The third-order valence-electron chi connectivity index (χ3n) is 3.32. The van der Waals surface area contributed by atoms with Gasteiger partial charge in [0.25, 0.3) is 0 Å². The summed E-state index contributed by atoms with van der Waals surface area (Å²) < 4.78 is 1.95. The number of hydrogen-bond donors (Lipinski definition) is 1. The molecule has 0 aliphatic heterocycles. The maximum Gasteiger partial charge on any atom is 0.234 e. The van der Waals surface area contributed by atoms with Crippen LogP contribution in [-0.2, 0) is 4.79 Å². The van der Waals surface area contributed by atoms with Crippen LogP contribution in [0.5, 0.6) is 0 Å². The Morgan fingerprint density at radius 3 is 2.91 bits per heavy atom. The molecule has 0 spiro atoms. The van der Waals surface area contributed by atoms with E-state index in [1.54, 1.807) is 11.3 Å². The number of carbonyl (C=O) groups excluding carboxylic acids is 1. The lowest BCUT2D eigenvalue weighted by Gasteiger charge is -2.08. The molecule has 0 fully saturated rings. The highest BCUT2D eigenvalue weighted by Crippen LogP contribution is 2.31. The van der Waals surface area contributed by atoms with Crippen LogP contribution >= 0.6 is 34.7 Å². The van der Waals surface area contributed by atoms with Crippen molar-refractivity contribution in [2.24, 2.45) is 0 Å². The van der Waals surface area contributed by atoms with Gasteiger partial charge in [-0.25, -0.2) is 4.98 Å². The first kappa shape index (κ1) is 16.3. The molecule has 6 heteroatoms. The SMILES string of the molecule is Cc1ccc(C)c(NC(=O)CSc2nc3cc(Cl)ccc3s2)c1. The zero-order valence-electron chi connectivity index (χ0n) is 12.7. The van der Waals surface area contributed by atoms with Crippen molar-refractivity contribution in [2.45, 2.75) is 18.2 Å². The van der Waals surface area contributed by atoms with Crippen molar-refractivity contribution in [3.05, 3.63) is 52.5 Å². The minimum absolute atomic E-state index is 0.0269. The number of thioether (sulfide) groups is 1. The van der Waals surface area contributed by atoms with Gasteiger partial charge in [-0.3, -0.25) is 4.79 Å². The van der Waals surface area contributed by atoms with Gasteiger partial charge < -0.3 is 5.32 Å². The number of anilines is 1. The summed E-state index contributed by atoms with van der Waals surface area (Å²) in [4.78, 5) is 16.6. The van der Waals surface area contributed by atoms with Crippen molar-refractivity contribution in [3.8, 4) is 0 Å². The van der Waals surface area contributed by atoms with Crippen LogP contribution in [-0.4, -0.2) is 16.6 Å². The van der Waals surface area contributed by atoms with E-state index >= 15 is 0 Å². The Bertz CT molecular complexity index is 876. The van der Waals surface area contributed by atoms with Crippen LogP contribution < -0.4 is 5.32 Å². The first-order chi connectivity index (χ1) is 11.0. The van der Waals surface area contributed by atoms with Gasteiger partial charge in [0.15, 0.2) is 4.34 Å². The van der Waals surface area contributed by atoms with Crippen molar-refractivity contribution in [3.63, 3.8) is 0 Å². The molecule has 1 heterocycles. The van der Waals surface area contributed by atoms with Crippen molar-refractivity contribution in [1.29, 1.82) is 0 Å². The molecule has 0 bridgehead atoms. The Balaban J connectivity index is 1.64. The third kappa shape index (κ3) is 4.05. The molecule has 0 atom stereocenters. The summed E-state index contributed by atoms with van der Waals surface area (Å²) in [7, 11) is 0. The van der Waals surface area contributed by atoms with Crippen molar-refractivity contribution >= 4 is 56.5 Å². The highest BCUT2D eigenvalue weighted by atomic mass is 35.5. The average molecular weight is 363 g/mol. The van der Waals surface area contributed by atoms with Crippen LogP contribution in [0.4, 0.5) is 5.69 Å². The second kappa shape index (κ2) is 6.91. The second-order valence-electron chi connectivity index (χ2n) is 5.25. The second-order valence-corrected chi connectivity index (χ2v) is 7.94. The van der Waals surface area contributed by atoms with E-state index in [4.69, 9.17) is 11.6 Å². The molecule has 118 valence electrons. The summed E-state index contributed by atoms with van der Waals surface area (Å²) in [5.41, 5.74) is 3.93. The normalized spacial score (nSPS) is 10.9. The van der Waals surface area contributed by atoms with E-state index < -0.39 is 0 Å². The molecule has 3 rings (SSSR count). The minimum atomic E-state index is -0.0269. The van der Waals surface area contributed by atoms with E-state index in [1.165, 1.54) is 11.8 Å². The number of aromatic nitrogens is 1. The summed E-state index contributed by atoms with van der Waals surface area (Å²) in [5.74, 6) is 0.307. The molecule has 0 radical (unpaired) electrons. The van der Waals surface area contributed by atoms with Gasteiger partial charge in [0, 0.05) is 10.7 Å². The van der Waals surface area contributed by atoms with E-state index in [1.807, 2.05) is 50.2 Å². The van der Waals surface area contributed by atoms with Crippen LogP contribution in [0.25, 0.3) is 10.2 Å². The van der Waals surface area contributed by atoms with E-state index in [-0.39, 0.29) is 5.91 Å². The molecule has 0 aliphatic rings.